The molecule has 0 bridgehead atoms. The zero-order chi connectivity index (χ0) is 13.0. The molecule has 0 aliphatic carbocycles. The molecule has 1 aliphatic rings. The average Bonchev–Trinajstić information content (AvgIpc) is 2.73. The Balaban J connectivity index is 2.01. The van der Waals surface area contributed by atoms with Crippen molar-refractivity contribution in [3.63, 3.8) is 0 Å². The average molecular weight is 289 g/mol. The normalized spacial score (nSPS) is 22.8. The third kappa shape index (κ3) is 3.30. The van der Waals surface area contributed by atoms with Crippen LogP contribution in [0.1, 0.15) is 30.8 Å². The molecular formula is C12H19NO3S2. The van der Waals surface area contributed by atoms with Gasteiger partial charge in [0.05, 0.1) is 17.3 Å². The molecule has 0 aromatic carbocycles. The van der Waals surface area contributed by atoms with Gasteiger partial charge in [0.25, 0.3) is 0 Å². The first-order chi connectivity index (χ1) is 8.63. The molecule has 102 valence electrons. The van der Waals surface area contributed by atoms with Crippen LogP contribution < -0.4 is 0 Å². The maximum Gasteiger partial charge on any atom is 0.214 e. The third-order valence-corrected chi connectivity index (χ3v) is 6.38. The maximum absolute atomic E-state index is 12.0. The van der Waals surface area contributed by atoms with Crippen molar-refractivity contribution < 1.29 is 12.8 Å². The molecule has 0 amide bonds. The highest BCUT2D eigenvalue weighted by Crippen LogP contribution is 2.35. The van der Waals surface area contributed by atoms with Crippen molar-refractivity contribution in [3.05, 3.63) is 24.2 Å². The minimum Gasteiger partial charge on any atom is -0.468 e. The molecule has 0 radical (unpaired) electrons. The van der Waals surface area contributed by atoms with Gasteiger partial charge in [0, 0.05) is 18.8 Å². The second-order valence-electron chi connectivity index (χ2n) is 4.38. The number of hydrogen-bond donors (Lipinski definition) is 0. The van der Waals surface area contributed by atoms with Crippen LogP contribution in [-0.4, -0.2) is 37.3 Å². The Morgan fingerprint density at radius 2 is 2.33 bits per heavy atom. The number of rotatable bonds is 4. The first-order valence-corrected chi connectivity index (χ1v) is 8.92. The Morgan fingerprint density at radius 1 is 1.50 bits per heavy atom. The lowest BCUT2D eigenvalue weighted by atomic mass is 10.2. The number of hydrogen-bond acceptors (Lipinski definition) is 4. The van der Waals surface area contributed by atoms with Crippen molar-refractivity contribution in [2.24, 2.45) is 0 Å². The van der Waals surface area contributed by atoms with E-state index in [-0.39, 0.29) is 11.0 Å². The van der Waals surface area contributed by atoms with E-state index in [0.717, 1.165) is 17.9 Å². The Labute approximate surface area is 113 Å². The smallest absolute Gasteiger partial charge is 0.214 e. The van der Waals surface area contributed by atoms with Crippen LogP contribution in [0.4, 0.5) is 0 Å². The molecule has 1 unspecified atom stereocenters. The summed E-state index contributed by atoms with van der Waals surface area (Å²) < 4.78 is 31.1. The standard InChI is InChI=1S/C12H19NO3S2/c1-2-10-18(14,15)13-6-5-12(17-9-7-13)11-4-3-8-16-11/h3-4,8,12H,2,5-7,9-10H2,1H3. The molecule has 1 fully saturated rings. The highest BCUT2D eigenvalue weighted by atomic mass is 32.2. The first-order valence-electron chi connectivity index (χ1n) is 6.26. The van der Waals surface area contributed by atoms with Crippen LogP contribution >= 0.6 is 11.8 Å². The summed E-state index contributed by atoms with van der Waals surface area (Å²) >= 11 is 1.78. The lowest BCUT2D eigenvalue weighted by Gasteiger charge is -2.19. The first kappa shape index (κ1) is 14.0. The fraction of sp³-hybridized carbons (Fsp3) is 0.667. The third-order valence-electron chi connectivity index (χ3n) is 3.02. The summed E-state index contributed by atoms with van der Waals surface area (Å²) in [6.45, 7) is 3.11. The second kappa shape index (κ2) is 6.12. The van der Waals surface area contributed by atoms with Gasteiger partial charge in [-0.05, 0) is 25.0 Å². The molecule has 1 aromatic heterocycles. The summed E-state index contributed by atoms with van der Waals surface area (Å²) in [6.07, 6.45) is 3.17. The zero-order valence-electron chi connectivity index (χ0n) is 10.5. The molecular weight excluding hydrogens is 270 g/mol. The van der Waals surface area contributed by atoms with E-state index in [4.69, 9.17) is 4.42 Å². The van der Waals surface area contributed by atoms with E-state index in [1.165, 1.54) is 0 Å². The number of furan rings is 1. The summed E-state index contributed by atoms with van der Waals surface area (Å²) in [7, 11) is -3.06. The summed E-state index contributed by atoms with van der Waals surface area (Å²) in [5.74, 6) is 2.03. The molecule has 6 heteroatoms. The molecule has 2 rings (SSSR count). The van der Waals surface area contributed by atoms with E-state index in [1.807, 2.05) is 19.1 Å². The predicted molar refractivity (Wildman–Crippen MR) is 74.2 cm³/mol. The Hall–Kier alpha value is -0.460. The lowest BCUT2D eigenvalue weighted by Crippen LogP contribution is -2.34. The van der Waals surface area contributed by atoms with E-state index < -0.39 is 10.0 Å². The van der Waals surface area contributed by atoms with Gasteiger partial charge >= 0.3 is 0 Å². The Bertz CT molecular complexity index is 456. The molecule has 0 saturated carbocycles. The number of sulfonamides is 1. The molecule has 1 aromatic rings. The van der Waals surface area contributed by atoms with Gasteiger partial charge in [-0.1, -0.05) is 6.92 Å². The summed E-state index contributed by atoms with van der Waals surface area (Å²) in [6, 6.07) is 3.85. The van der Waals surface area contributed by atoms with Crippen LogP contribution in [0.3, 0.4) is 0 Å². The largest absolute Gasteiger partial charge is 0.468 e. The van der Waals surface area contributed by atoms with Crippen LogP contribution in [-0.2, 0) is 10.0 Å². The van der Waals surface area contributed by atoms with Gasteiger partial charge in [-0.15, -0.1) is 11.8 Å². The molecule has 0 N–H and O–H groups in total. The van der Waals surface area contributed by atoms with Gasteiger partial charge in [0.15, 0.2) is 0 Å². The summed E-state index contributed by atoms with van der Waals surface area (Å²) in [4.78, 5) is 0. The molecule has 1 saturated heterocycles. The zero-order valence-corrected chi connectivity index (χ0v) is 12.2. The van der Waals surface area contributed by atoms with Gasteiger partial charge in [-0.2, -0.15) is 0 Å². The number of thioether (sulfide) groups is 1. The Kier molecular flexibility index (Phi) is 4.75. The number of nitrogens with zero attached hydrogens (tertiary/aromatic N) is 1. The van der Waals surface area contributed by atoms with Gasteiger partial charge in [0.2, 0.25) is 10.0 Å². The summed E-state index contributed by atoms with van der Waals surface area (Å²) in [5.41, 5.74) is 0. The van der Waals surface area contributed by atoms with Crippen molar-refractivity contribution in [1.29, 1.82) is 0 Å². The Morgan fingerprint density at radius 3 is 3.00 bits per heavy atom. The van der Waals surface area contributed by atoms with Crippen molar-refractivity contribution in [2.75, 3.05) is 24.6 Å². The topological polar surface area (TPSA) is 50.5 Å². The van der Waals surface area contributed by atoms with E-state index in [9.17, 15) is 8.42 Å². The van der Waals surface area contributed by atoms with Crippen molar-refractivity contribution in [1.82, 2.24) is 4.31 Å². The van der Waals surface area contributed by atoms with Gasteiger partial charge in [0.1, 0.15) is 5.76 Å². The second-order valence-corrected chi connectivity index (χ2v) is 7.78. The van der Waals surface area contributed by atoms with Crippen molar-refractivity contribution >= 4 is 21.8 Å². The van der Waals surface area contributed by atoms with Gasteiger partial charge in [-0.3, -0.25) is 0 Å². The SMILES string of the molecule is CCCS(=O)(=O)N1CCSC(c2ccco2)CC1. The van der Waals surface area contributed by atoms with E-state index >= 15 is 0 Å². The minimum atomic E-state index is -3.06. The van der Waals surface area contributed by atoms with Gasteiger partial charge < -0.3 is 4.42 Å². The highest BCUT2D eigenvalue weighted by Gasteiger charge is 2.27. The quantitative estimate of drug-likeness (QED) is 0.854. The van der Waals surface area contributed by atoms with Crippen LogP contribution in [0.5, 0.6) is 0 Å². The molecule has 0 spiro atoms. The van der Waals surface area contributed by atoms with Crippen LogP contribution in [0, 0.1) is 0 Å². The monoisotopic (exact) mass is 289 g/mol. The maximum atomic E-state index is 12.0. The fourth-order valence-electron chi connectivity index (χ4n) is 2.12. The molecule has 18 heavy (non-hydrogen) atoms. The van der Waals surface area contributed by atoms with E-state index in [0.29, 0.717) is 19.5 Å². The molecule has 2 heterocycles. The van der Waals surface area contributed by atoms with Crippen LogP contribution in [0.2, 0.25) is 0 Å². The van der Waals surface area contributed by atoms with Crippen LogP contribution in [0.25, 0.3) is 0 Å². The lowest BCUT2D eigenvalue weighted by molar-refractivity contribution is 0.417. The van der Waals surface area contributed by atoms with Crippen molar-refractivity contribution in [3.8, 4) is 0 Å². The molecule has 4 nitrogen and oxygen atoms in total. The molecule has 1 aliphatic heterocycles. The minimum absolute atomic E-state index is 0.253. The van der Waals surface area contributed by atoms with E-state index in [1.54, 1.807) is 22.3 Å². The highest BCUT2D eigenvalue weighted by molar-refractivity contribution is 7.99. The fourth-order valence-corrected chi connectivity index (χ4v) is 4.94. The summed E-state index contributed by atoms with van der Waals surface area (Å²) in [5, 5.41) is 0.279. The van der Waals surface area contributed by atoms with Crippen LogP contribution in [0.15, 0.2) is 22.8 Å². The van der Waals surface area contributed by atoms with Crippen molar-refractivity contribution in [2.45, 2.75) is 25.0 Å². The van der Waals surface area contributed by atoms with Gasteiger partial charge in [-0.25, -0.2) is 12.7 Å². The predicted octanol–water partition coefficient (Wildman–Crippen LogP) is 2.50. The molecule has 1 atom stereocenters. The van der Waals surface area contributed by atoms with E-state index in [2.05, 4.69) is 0 Å².